The second-order valence-corrected chi connectivity index (χ2v) is 6.61. The number of benzene rings is 2. The van der Waals surface area contributed by atoms with Crippen molar-refractivity contribution in [2.75, 3.05) is 0 Å². The Morgan fingerprint density at radius 1 is 1.05 bits per heavy atom. The van der Waals surface area contributed by atoms with Crippen molar-refractivity contribution in [3.63, 3.8) is 0 Å². The molecule has 0 saturated carbocycles. The molecule has 3 rings (SSSR count). The van der Waals surface area contributed by atoms with E-state index in [2.05, 4.69) is 29.2 Å². The molecule has 0 aliphatic carbocycles. The molecule has 0 amide bonds. The molecule has 0 N–H and O–H groups in total. The van der Waals surface area contributed by atoms with Crippen molar-refractivity contribution in [3.8, 4) is 0 Å². The van der Waals surface area contributed by atoms with Gasteiger partial charge in [-0.1, -0.05) is 42.5 Å². The minimum Gasteiger partial charge on any atom is -0.299 e. The molecule has 0 aliphatic heterocycles. The van der Waals surface area contributed by atoms with Crippen LogP contribution in [0.15, 0.2) is 42.5 Å². The Morgan fingerprint density at radius 3 is 2.52 bits per heavy atom. The van der Waals surface area contributed by atoms with Crippen molar-refractivity contribution >= 4 is 27.9 Å². The molecule has 0 spiro atoms. The molecule has 1 heterocycles. The van der Waals surface area contributed by atoms with Gasteiger partial charge in [0.05, 0.1) is 12.1 Å². The average Bonchev–Trinajstić information content (AvgIpc) is 2.77. The number of fused-ring (bicyclic) bond motifs is 1. The summed E-state index contributed by atoms with van der Waals surface area (Å²) in [4.78, 5) is 17.8. The quantitative estimate of drug-likeness (QED) is 0.719. The molecule has 21 heavy (non-hydrogen) atoms. The number of ketones is 1. The van der Waals surface area contributed by atoms with Crippen LogP contribution in [0.3, 0.4) is 0 Å². The maximum atomic E-state index is 12.2. The number of aromatic nitrogens is 1. The smallest absolute Gasteiger partial charge is 0.144 e. The summed E-state index contributed by atoms with van der Waals surface area (Å²) in [5, 5.41) is 3.32. The Morgan fingerprint density at radius 2 is 1.81 bits per heavy atom. The van der Waals surface area contributed by atoms with Crippen LogP contribution in [0.1, 0.15) is 21.1 Å². The minimum atomic E-state index is 0.221. The third-order valence-corrected chi connectivity index (χ3v) is 4.71. The molecule has 0 saturated heterocycles. The fraction of sp³-hybridized carbons (Fsp3) is 0.222. The number of carbonyl (C=O) groups excluding carboxylic acids is 1. The zero-order chi connectivity index (χ0) is 14.8. The molecule has 0 aliphatic rings. The first-order valence-electron chi connectivity index (χ1n) is 7.04. The lowest BCUT2D eigenvalue weighted by Gasteiger charge is -2.03. The van der Waals surface area contributed by atoms with Crippen molar-refractivity contribution < 1.29 is 4.79 Å². The van der Waals surface area contributed by atoms with E-state index < -0.39 is 0 Å². The topological polar surface area (TPSA) is 30.0 Å². The van der Waals surface area contributed by atoms with Crippen LogP contribution >= 0.6 is 11.3 Å². The van der Waals surface area contributed by atoms with E-state index in [1.807, 2.05) is 32.0 Å². The van der Waals surface area contributed by atoms with E-state index in [9.17, 15) is 4.79 Å². The molecule has 2 aromatic carbocycles. The SMILES string of the molecule is Cc1nc(CC(=O)Cc2ccc3ccccc3c2)sc1C. The monoisotopic (exact) mass is 295 g/mol. The van der Waals surface area contributed by atoms with Gasteiger partial charge in [0.15, 0.2) is 0 Å². The van der Waals surface area contributed by atoms with Gasteiger partial charge in [-0.2, -0.15) is 0 Å². The van der Waals surface area contributed by atoms with Crippen molar-refractivity contribution in [2.45, 2.75) is 26.7 Å². The molecular weight excluding hydrogens is 278 g/mol. The zero-order valence-corrected chi connectivity index (χ0v) is 13.0. The van der Waals surface area contributed by atoms with Crippen LogP contribution in [0.2, 0.25) is 0 Å². The van der Waals surface area contributed by atoms with E-state index in [1.165, 1.54) is 15.6 Å². The molecule has 2 nitrogen and oxygen atoms in total. The summed E-state index contributed by atoms with van der Waals surface area (Å²) in [7, 11) is 0. The molecule has 1 aromatic heterocycles. The molecule has 0 atom stereocenters. The minimum absolute atomic E-state index is 0.221. The van der Waals surface area contributed by atoms with Gasteiger partial charge in [-0.05, 0) is 30.2 Å². The molecule has 3 aromatic rings. The largest absolute Gasteiger partial charge is 0.299 e. The van der Waals surface area contributed by atoms with Gasteiger partial charge in [0, 0.05) is 11.3 Å². The van der Waals surface area contributed by atoms with Gasteiger partial charge in [0.2, 0.25) is 0 Å². The molecule has 0 fully saturated rings. The first-order chi connectivity index (χ1) is 10.1. The van der Waals surface area contributed by atoms with Gasteiger partial charge < -0.3 is 0 Å². The second-order valence-electron chi connectivity index (χ2n) is 5.32. The maximum absolute atomic E-state index is 12.2. The Kier molecular flexibility index (Phi) is 3.84. The summed E-state index contributed by atoms with van der Waals surface area (Å²) in [6.45, 7) is 4.04. The summed E-state index contributed by atoms with van der Waals surface area (Å²) in [6.07, 6.45) is 0.911. The van der Waals surface area contributed by atoms with E-state index in [0.29, 0.717) is 12.8 Å². The number of hydrogen-bond donors (Lipinski definition) is 0. The summed E-state index contributed by atoms with van der Waals surface area (Å²) >= 11 is 1.62. The highest BCUT2D eigenvalue weighted by molar-refractivity contribution is 7.11. The third-order valence-electron chi connectivity index (χ3n) is 3.64. The number of hydrogen-bond acceptors (Lipinski definition) is 3. The Bertz CT molecular complexity index is 784. The number of nitrogens with zero attached hydrogens (tertiary/aromatic N) is 1. The van der Waals surface area contributed by atoms with Gasteiger partial charge >= 0.3 is 0 Å². The van der Waals surface area contributed by atoms with Gasteiger partial charge in [-0.3, -0.25) is 4.79 Å². The highest BCUT2D eigenvalue weighted by Gasteiger charge is 2.10. The molecular formula is C18H17NOS. The highest BCUT2D eigenvalue weighted by atomic mass is 32.1. The number of aryl methyl sites for hydroxylation is 2. The lowest BCUT2D eigenvalue weighted by molar-refractivity contribution is -0.117. The van der Waals surface area contributed by atoms with Crippen molar-refractivity contribution in [1.29, 1.82) is 0 Å². The predicted octanol–water partition coefficient (Wildman–Crippen LogP) is 4.27. The van der Waals surface area contributed by atoms with Crippen molar-refractivity contribution in [3.05, 3.63) is 63.6 Å². The number of rotatable bonds is 4. The van der Waals surface area contributed by atoms with Crippen molar-refractivity contribution in [1.82, 2.24) is 4.98 Å². The summed E-state index contributed by atoms with van der Waals surface area (Å²) in [5.41, 5.74) is 2.11. The summed E-state index contributed by atoms with van der Waals surface area (Å²) in [5.74, 6) is 0.221. The third kappa shape index (κ3) is 3.19. The standard InChI is InChI=1S/C18H17NOS/c1-12-13(2)21-18(19-12)11-17(20)10-14-7-8-15-5-3-4-6-16(15)9-14/h3-9H,10-11H2,1-2H3. The fourth-order valence-corrected chi connectivity index (χ4v) is 3.38. The molecule has 0 radical (unpaired) electrons. The first-order valence-corrected chi connectivity index (χ1v) is 7.86. The number of Topliss-reactive ketones (excluding diaryl/α,β-unsaturated/α-hetero) is 1. The first kappa shape index (κ1) is 14.0. The van der Waals surface area contributed by atoms with Gasteiger partial charge in [-0.25, -0.2) is 4.98 Å². The Labute approximate surface area is 128 Å². The van der Waals surface area contributed by atoms with Gasteiger partial charge in [-0.15, -0.1) is 11.3 Å². The molecule has 106 valence electrons. The Balaban J connectivity index is 1.73. The lowest BCUT2D eigenvalue weighted by atomic mass is 10.0. The van der Waals surface area contributed by atoms with Crippen LogP contribution in [-0.4, -0.2) is 10.8 Å². The van der Waals surface area contributed by atoms with Crippen LogP contribution in [-0.2, 0) is 17.6 Å². The molecule has 0 bridgehead atoms. The van der Waals surface area contributed by atoms with Gasteiger partial charge in [0.25, 0.3) is 0 Å². The van der Waals surface area contributed by atoms with Crippen LogP contribution in [0, 0.1) is 13.8 Å². The number of thiazole rings is 1. The van der Waals surface area contributed by atoms with E-state index >= 15 is 0 Å². The van der Waals surface area contributed by atoms with Crippen molar-refractivity contribution in [2.24, 2.45) is 0 Å². The van der Waals surface area contributed by atoms with Crippen LogP contribution in [0.5, 0.6) is 0 Å². The van der Waals surface area contributed by atoms with Crippen LogP contribution in [0.25, 0.3) is 10.8 Å². The number of carbonyl (C=O) groups is 1. The summed E-state index contributed by atoms with van der Waals surface area (Å²) in [6, 6.07) is 14.4. The van der Waals surface area contributed by atoms with Crippen LogP contribution in [0.4, 0.5) is 0 Å². The molecule has 3 heteroatoms. The van der Waals surface area contributed by atoms with E-state index in [4.69, 9.17) is 0 Å². The normalized spacial score (nSPS) is 11.0. The van der Waals surface area contributed by atoms with Gasteiger partial charge in [0.1, 0.15) is 10.8 Å². The zero-order valence-electron chi connectivity index (χ0n) is 12.2. The van der Waals surface area contributed by atoms with E-state index in [0.717, 1.165) is 16.3 Å². The van der Waals surface area contributed by atoms with E-state index in [1.54, 1.807) is 11.3 Å². The van der Waals surface area contributed by atoms with E-state index in [-0.39, 0.29) is 5.78 Å². The lowest BCUT2D eigenvalue weighted by Crippen LogP contribution is -2.06. The summed E-state index contributed by atoms with van der Waals surface area (Å²) < 4.78 is 0. The maximum Gasteiger partial charge on any atom is 0.144 e. The average molecular weight is 295 g/mol. The second kappa shape index (κ2) is 5.78. The van der Waals surface area contributed by atoms with Crippen LogP contribution < -0.4 is 0 Å². The Hall–Kier alpha value is -2.00. The highest BCUT2D eigenvalue weighted by Crippen LogP contribution is 2.19. The fourth-order valence-electron chi connectivity index (χ4n) is 2.42. The predicted molar refractivity (Wildman–Crippen MR) is 88.0 cm³/mol. The molecule has 0 unspecified atom stereocenters.